The van der Waals surface area contributed by atoms with Crippen LogP contribution in [0.1, 0.15) is 0 Å². The molecule has 0 unspecified atom stereocenters. The van der Waals surface area contributed by atoms with Crippen LogP contribution in [0.2, 0.25) is 0 Å². The Kier molecular flexibility index (Phi) is 4.04. The fourth-order valence-corrected chi connectivity index (χ4v) is 4.80. The molecule has 3 aromatic carbocycles. The van der Waals surface area contributed by atoms with Crippen molar-refractivity contribution >= 4 is 22.1 Å². The third-order valence-corrected chi connectivity index (χ3v) is 6.04. The van der Waals surface area contributed by atoms with E-state index >= 15 is 0 Å². The summed E-state index contributed by atoms with van der Waals surface area (Å²) in [6, 6.07) is 33.9. The predicted molar refractivity (Wildman–Crippen MR) is 116 cm³/mol. The molecule has 0 spiro atoms. The Morgan fingerprint density at radius 3 is 1.81 bits per heavy atom. The van der Waals surface area contributed by atoms with Gasteiger partial charge in [-0.05, 0) is 17.2 Å². The van der Waals surface area contributed by atoms with Crippen LogP contribution >= 0.6 is 11.3 Å². The molecule has 5 aromatic rings. The molecule has 2 heterocycles. The van der Waals surface area contributed by atoms with Crippen LogP contribution in [-0.2, 0) is 0 Å². The maximum atomic E-state index is 4.79. The highest BCUT2D eigenvalue weighted by Gasteiger charge is 2.17. The minimum Gasteiger partial charge on any atom is -0.255 e. The molecule has 0 N–H and O–H groups in total. The van der Waals surface area contributed by atoms with E-state index in [0.29, 0.717) is 0 Å². The molecule has 0 saturated heterocycles. The Bertz CT molecular complexity index is 1210. The minimum absolute atomic E-state index is 1.05. The van der Waals surface area contributed by atoms with E-state index in [4.69, 9.17) is 4.98 Å². The Balaban J connectivity index is 1.79. The van der Waals surface area contributed by atoms with Gasteiger partial charge in [-0.2, -0.15) is 0 Å². The van der Waals surface area contributed by atoms with Gasteiger partial charge >= 0.3 is 0 Å². The van der Waals surface area contributed by atoms with Crippen LogP contribution in [0.25, 0.3) is 42.9 Å². The fourth-order valence-electron chi connectivity index (χ4n) is 3.51. The SMILES string of the molecule is c1ccc(-c2cccnc2-c2sc(-c3ccccc3)c3ccccc23)cc1. The largest absolute Gasteiger partial charge is 0.255 e. The van der Waals surface area contributed by atoms with E-state index < -0.39 is 0 Å². The second kappa shape index (κ2) is 6.82. The van der Waals surface area contributed by atoms with Gasteiger partial charge in [0.05, 0.1) is 10.6 Å². The first kappa shape index (κ1) is 16.0. The number of aromatic nitrogens is 1. The van der Waals surface area contributed by atoms with Crippen LogP contribution in [0, 0.1) is 0 Å². The Hall–Kier alpha value is -3.23. The molecule has 5 rings (SSSR count). The molecule has 2 heteroatoms. The van der Waals surface area contributed by atoms with Gasteiger partial charge in [0.1, 0.15) is 0 Å². The number of rotatable bonds is 3. The van der Waals surface area contributed by atoms with E-state index in [9.17, 15) is 0 Å². The first-order valence-electron chi connectivity index (χ1n) is 8.99. The zero-order valence-corrected chi connectivity index (χ0v) is 15.5. The van der Waals surface area contributed by atoms with Gasteiger partial charge in [0, 0.05) is 27.4 Å². The van der Waals surface area contributed by atoms with Crippen LogP contribution in [0.15, 0.2) is 103 Å². The molecule has 1 nitrogen and oxygen atoms in total. The van der Waals surface area contributed by atoms with E-state index in [1.54, 1.807) is 0 Å². The molecule has 27 heavy (non-hydrogen) atoms. The standard InChI is InChI=1S/C25H17NS/c1-3-10-18(11-4-1)20-16-9-17-26-23(20)25-22-15-8-7-14-21(22)24(27-25)19-12-5-2-6-13-19/h1-17H. The molecule has 0 aliphatic rings. The van der Waals surface area contributed by atoms with Gasteiger partial charge in [0.15, 0.2) is 0 Å². The van der Waals surface area contributed by atoms with Gasteiger partial charge in [-0.25, -0.2) is 0 Å². The van der Waals surface area contributed by atoms with Crippen LogP contribution in [0.4, 0.5) is 0 Å². The van der Waals surface area contributed by atoms with Crippen molar-refractivity contribution < 1.29 is 0 Å². The summed E-state index contributed by atoms with van der Waals surface area (Å²) in [5, 5.41) is 2.55. The number of benzene rings is 3. The summed E-state index contributed by atoms with van der Waals surface area (Å²) in [6.45, 7) is 0. The van der Waals surface area contributed by atoms with Crippen molar-refractivity contribution in [2.75, 3.05) is 0 Å². The summed E-state index contributed by atoms with van der Waals surface area (Å²) in [6.07, 6.45) is 1.89. The van der Waals surface area contributed by atoms with Gasteiger partial charge < -0.3 is 0 Å². The molecule has 0 aliphatic carbocycles. The lowest BCUT2D eigenvalue weighted by Gasteiger charge is -2.07. The average Bonchev–Trinajstić information content (AvgIpc) is 3.15. The summed E-state index contributed by atoms with van der Waals surface area (Å²) >= 11 is 1.83. The van der Waals surface area contributed by atoms with Crippen molar-refractivity contribution in [2.45, 2.75) is 0 Å². The maximum Gasteiger partial charge on any atom is 0.0886 e. The van der Waals surface area contributed by atoms with E-state index in [1.165, 1.54) is 37.2 Å². The smallest absolute Gasteiger partial charge is 0.0886 e. The van der Waals surface area contributed by atoms with Gasteiger partial charge in [-0.3, -0.25) is 4.98 Å². The van der Waals surface area contributed by atoms with Crippen molar-refractivity contribution in [3.8, 4) is 32.1 Å². The summed E-state index contributed by atoms with van der Waals surface area (Å²) in [7, 11) is 0. The third-order valence-electron chi connectivity index (χ3n) is 4.76. The summed E-state index contributed by atoms with van der Waals surface area (Å²) in [5.41, 5.74) is 4.67. The Morgan fingerprint density at radius 1 is 0.519 bits per heavy atom. The molecule has 0 saturated carbocycles. The number of nitrogens with zero attached hydrogens (tertiary/aromatic N) is 1. The highest BCUT2D eigenvalue weighted by molar-refractivity contribution is 7.21. The molecule has 0 amide bonds. The number of hydrogen-bond acceptors (Lipinski definition) is 2. The van der Waals surface area contributed by atoms with E-state index in [1.807, 2.05) is 29.7 Å². The van der Waals surface area contributed by atoms with Crippen molar-refractivity contribution in [1.29, 1.82) is 0 Å². The number of fused-ring (bicyclic) bond motifs is 1. The number of pyridine rings is 1. The lowest BCUT2D eigenvalue weighted by molar-refractivity contribution is 1.34. The van der Waals surface area contributed by atoms with Crippen molar-refractivity contribution in [1.82, 2.24) is 4.98 Å². The summed E-state index contributed by atoms with van der Waals surface area (Å²) < 4.78 is 0. The lowest BCUT2D eigenvalue weighted by atomic mass is 10.0. The highest BCUT2D eigenvalue weighted by Crippen LogP contribution is 2.45. The normalized spacial score (nSPS) is 11.0. The van der Waals surface area contributed by atoms with Crippen LogP contribution < -0.4 is 0 Å². The van der Waals surface area contributed by atoms with E-state index in [-0.39, 0.29) is 0 Å². The maximum absolute atomic E-state index is 4.79. The molecule has 0 aliphatic heterocycles. The monoisotopic (exact) mass is 363 g/mol. The Labute approximate surface area is 162 Å². The predicted octanol–water partition coefficient (Wildman–Crippen LogP) is 7.30. The molecular weight excluding hydrogens is 346 g/mol. The van der Waals surface area contributed by atoms with Gasteiger partial charge in [0.2, 0.25) is 0 Å². The van der Waals surface area contributed by atoms with Crippen LogP contribution in [0.3, 0.4) is 0 Å². The molecule has 0 radical (unpaired) electrons. The van der Waals surface area contributed by atoms with Crippen molar-refractivity contribution in [3.05, 3.63) is 103 Å². The number of thiophene rings is 1. The summed E-state index contributed by atoms with van der Waals surface area (Å²) in [4.78, 5) is 7.32. The molecular formula is C25H17NS. The van der Waals surface area contributed by atoms with E-state index in [0.717, 1.165) is 5.69 Å². The first-order valence-corrected chi connectivity index (χ1v) is 9.81. The Morgan fingerprint density at radius 2 is 1.11 bits per heavy atom. The molecule has 128 valence electrons. The van der Waals surface area contributed by atoms with Gasteiger partial charge in [-0.1, -0.05) is 91.0 Å². The zero-order valence-electron chi connectivity index (χ0n) is 14.7. The van der Waals surface area contributed by atoms with Crippen LogP contribution in [0.5, 0.6) is 0 Å². The molecule has 0 atom stereocenters. The van der Waals surface area contributed by atoms with Crippen LogP contribution in [-0.4, -0.2) is 4.98 Å². The third kappa shape index (κ3) is 2.84. The van der Waals surface area contributed by atoms with Gasteiger partial charge in [-0.15, -0.1) is 11.3 Å². The summed E-state index contributed by atoms with van der Waals surface area (Å²) in [5.74, 6) is 0. The van der Waals surface area contributed by atoms with Gasteiger partial charge in [0.25, 0.3) is 0 Å². The quantitative estimate of drug-likeness (QED) is 0.328. The van der Waals surface area contributed by atoms with Crippen molar-refractivity contribution in [3.63, 3.8) is 0 Å². The minimum atomic E-state index is 1.05. The zero-order chi connectivity index (χ0) is 18.1. The average molecular weight is 363 g/mol. The highest BCUT2D eigenvalue weighted by atomic mass is 32.1. The number of hydrogen-bond donors (Lipinski definition) is 0. The second-order valence-corrected chi connectivity index (χ2v) is 7.46. The molecule has 0 bridgehead atoms. The molecule has 0 fully saturated rings. The molecule has 2 aromatic heterocycles. The van der Waals surface area contributed by atoms with E-state index in [2.05, 4.69) is 84.9 Å². The topological polar surface area (TPSA) is 12.9 Å². The first-order chi connectivity index (χ1) is 13.4. The lowest BCUT2D eigenvalue weighted by Crippen LogP contribution is -1.86. The second-order valence-electron chi connectivity index (χ2n) is 6.44. The van der Waals surface area contributed by atoms with Crippen molar-refractivity contribution in [2.24, 2.45) is 0 Å². The fraction of sp³-hybridized carbons (Fsp3) is 0.